The Morgan fingerprint density at radius 1 is 1.22 bits per heavy atom. The second kappa shape index (κ2) is 4.94. The number of hydrogen-bond acceptors (Lipinski definition) is 3. The molecule has 2 rings (SSSR count). The maximum Gasteiger partial charge on any atom is 0.106 e. The Morgan fingerprint density at radius 2 is 1.94 bits per heavy atom. The number of hydrogen-bond donors (Lipinski definition) is 1. The number of furan rings is 1. The van der Waals surface area contributed by atoms with Gasteiger partial charge in [-0.2, -0.15) is 0 Å². The fraction of sp³-hybridized carbons (Fsp3) is 0.400. The van der Waals surface area contributed by atoms with E-state index in [2.05, 4.69) is 24.9 Å². The fourth-order valence-electron chi connectivity index (χ4n) is 2.40. The van der Waals surface area contributed by atoms with Crippen molar-refractivity contribution in [1.29, 1.82) is 0 Å². The lowest BCUT2D eigenvalue weighted by Crippen LogP contribution is -2.16. The fourth-order valence-corrected chi connectivity index (χ4v) is 2.40. The first-order valence-electron chi connectivity index (χ1n) is 6.23. The Kier molecular flexibility index (Phi) is 3.53. The molecule has 0 aliphatic heterocycles. The van der Waals surface area contributed by atoms with Gasteiger partial charge in [0.15, 0.2) is 0 Å². The van der Waals surface area contributed by atoms with Crippen LogP contribution in [-0.4, -0.2) is 4.98 Å². The van der Waals surface area contributed by atoms with Crippen molar-refractivity contribution in [1.82, 2.24) is 4.98 Å². The predicted molar refractivity (Wildman–Crippen MR) is 72.5 cm³/mol. The van der Waals surface area contributed by atoms with Gasteiger partial charge < -0.3 is 10.2 Å². The predicted octanol–water partition coefficient (Wildman–Crippen LogP) is 3.15. The number of pyridine rings is 1. The van der Waals surface area contributed by atoms with Gasteiger partial charge in [-0.25, -0.2) is 0 Å². The van der Waals surface area contributed by atoms with E-state index < -0.39 is 0 Å². The highest BCUT2D eigenvalue weighted by Gasteiger charge is 2.19. The summed E-state index contributed by atoms with van der Waals surface area (Å²) in [5.74, 6) is 1.88. The summed E-state index contributed by atoms with van der Waals surface area (Å²) in [6, 6.07) is 3.95. The lowest BCUT2D eigenvalue weighted by molar-refractivity contribution is 0.496. The first-order valence-corrected chi connectivity index (χ1v) is 6.23. The van der Waals surface area contributed by atoms with Crippen LogP contribution in [0.25, 0.3) is 0 Å². The molecule has 0 radical (unpaired) electrons. The summed E-state index contributed by atoms with van der Waals surface area (Å²) in [7, 11) is 0. The van der Waals surface area contributed by atoms with Crippen LogP contribution < -0.4 is 5.73 Å². The molecule has 1 unspecified atom stereocenters. The van der Waals surface area contributed by atoms with Crippen molar-refractivity contribution in [2.75, 3.05) is 0 Å². The quantitative estimate of drug-likeness (QED) is 0.902. The SMILES string of the molecule is Cc1cccnc1CC(N)c1c(C)oc(C)c1C. The van der Waals surface area contributed by atoms with Gasteiger partial charge in [-0.1, -0.05) is 6.07 Å². The summed E-state index contributed by atoms with van der Waals surface area (Å²) in [6.07, 6.45) is 2.56. The van der Waals surface area contributed by atoms with Gasteiger partial charge in [0.05, 0.1) is 0 Å². The Bertz CT molecular complexity index is 558. The molecule has 0 saturated heterocycles. The smallest absolute Gasteiger partial charge is 0.106 e. The van der Waals surface area contributed by atoms with Crippen LogP contribution in [0.4, 0.5) is 0 Å². The van der Waals surface area contributed by atoms with E-state index in [1.807, 2.05) is 26.1 Å². The zero-order valence-electron chi connectivity index (χ0n) is 11.4. The average molecular weight is 244 g/mol. The highest BCUT2D eigenvalue weighted by Crippen LogP contribution is 2.27. The molecule has 96 valence electrons. The molecular weight excluding hydrogens is 224 g/mol. The number of nitrogens with two attached hydrogens (primary N) is 1. The molecule has 2 heterocycles. The molecule has 3 nitrogen and oxygen atoms in total. The van der Waals surface area contributed by atoms with E-state index in [1.54, 1.807) is 0 Å². The van der Waals surface area contributed by atoms with Crippen molar-refractivity contribution in [2.24, 2.45) is 5.73 Å². The van der Waals surface area contributed by atoms with E-state index >= 15 is 0 Å². The first-order chi connectivity index (χ1) is 8.50. The van der Waals surface area contributed by atoms with Crippen molar-refractivity contribution in [3.8, 4) is 0 Å². The standard InChI is InChI=1S/C15H20N2O/c1-9-6-5-7-17-14(9)8-13(16)15-10(2)11(3)18-12(15)4/h5-7,13H,8,16H2,1-4H3. The molecule has 0 spiro atoms. The van der Waals surface area contributed by atoms with E-state index in [0.29, 0.717) is 0 Å². The molecule has 2 aromatic rings. The molecule has 2 N–H and O–H groups in total. The van der Waals surface area contributed by atoms with Crippen LogP contribution in [0.3, 0.4) is 0 Å². The number of aryl methyl sites for hydroxylation is 3. The minimum absolute atomic E-state index is 0.0592. The van der Waals surface area contributed by atoms with Gasteiger partial charge in [0, 0.05) is 29.9 Å². The topological polar surface area (TPSA) is 52.0 Å². The van der Waals surface area contributed by atoms with E-state index in [4.69, 9.17) is 10.2 Å². The molecule has 0 amide bonds. The van der Waals surface area contributed by atoms with Crippen LogP contribution >= 0.6 is 0 Å². The minimum atomic E-state index is -0.0592. The van der Waals surface area contributed by atoms with Crippen molar-refractivity contribution < 1.29 is 4.42 Å². The van der Waals surface area contributed by atoms with Gasteiger partial charge in [-0.15, -0.1) is 0 Å². The number of rotatable bonds is 3. The number of nitrogens with zero attached hydrogens (tertiary/aromatic N) is 1. The molecule has 1 atom stereocenters. The zero-order chi connectivity index (χ0) is 13.3. The molecule has 0 fully saturated rings. The van der Waals surface area contributed by atoms with E-state index in [0.717, 1.165) is 34.8 Å². The van der Waals surface area contributed by atoms with Crippen LogP contribution in [0.2, 0.25) is 0 Å². The Hall–Kier alpha value is -1.61. The Labute approximate surface area is 108 Å². The maximum absolute atomic E-state index is 6.31. The van der Waals surface area contributed by atoms with Crippen molar-refractivity contribution >= 4 is 0 Å². The Morgan fingerprint density at radius 3 is 2.50 bits per heavy atom. The Balaban J connectivity index is 2.28. The second-order valence-corrected chi connectivity index (χ2v) is 4.83. The monoisotopic (exact) mass is 244 g/mol. The zero-order valence-corrected chi connectivity index (χ0v) is 11.4. The molecular formula is C15H20N2O. The van der Waals surface area contributed by atoms with Gasteiger partial charge in [0.1, 0.15) is 11.5 Å². The second-order valence-electron chi connectivity index (χ2n) is 4.83. The lowest BCUT2D eigenvalue weighted by Gasteiger charge is -2.13. The third kappa shape index (κ3) is 2.31. The average Bonchev–Trinajstić information content (AvgIpc) is 2.56. The normalized spacial score (nSPS) is 12.7. The highest BCUT2D eigenvalue weighted by molar-refractivity contribution is 5.35. The van der Waals surface area contributed by atoms with Crippen LogP contribution in [0, 0.1) is 27.7 Å². The van der Waals surface area contributed by atoms with Crippen LogP contribution in [-0.2, 0) is 6.42 Å². The van der Waals surface area contributed by atoms with Crippen LogP contribution in [0.15, 0.2) is 22.7 Å². The lowest BCUT2D eigenvalue weighted by atomic mass is 9.97. The van der Waals surface area contributed by atoms with Crippen molar-refractivity contribution in [3.63, 3.8) is 0 Å². The summed E-state index contributed by atoms with van der Waals surface area (Å²) in [5.41, 5.74) is 10.8. The van der Waals surface area contributed by atoms with E-state index in [1.165, 1.54) is 5.56 Å². The summed E-state index contributed by atoms with van der Waals surface area (Å²) in [5, 5.41) is 0. The molecule has 0 bridgehead atoms. The number of aromatic nitrogens is 1. The molecule has 3 heteroatoms. The third-order valence-corrected chi connectivity index (χ3v) is 3.52. The summed E-state index contributed by atoms with van der Waals surface area (Å²) < 4.78 is 5.63. The molecule has 18 heavy (non-hydrogen) atoms. The largest absolute Gasteiger partial charge is 0.466 e. The molecule has 0 aliphatic rings. The minimum Gasteiger partial charge on any atom is -0.466 e. The highest BCUT2D eigenvalue weighted by atomic mass is 16.3. The van der Waals surface area contributed by atoms with Crippen LogP contribution in [0.1, 0.15) is 39.9 Å². The van der Waals surface area contributed by atoms with Gasteiger partial charge >= 0.3 is 0 Å². The van der Waals surface area contributed by atoms with Gasteiger partial charge in [0.25, 0.3) is 0 Å². The molecule has 0 aromatic carbocycles. The summed E-state index contributed by atoms with van der Waals surface area (Å²) >= 11 is 0. The van der Waals surface area contributed by atoms with Gasteiger partial charge in [-0.3, -0.25) is 4.98 Å². The summed E-state index contributed by atoms with van der Waals surface area (Å²) in [4.78, 5) is 4.40. The first kappa shape index (κ1) is 12.8. The van der Waals surface area contributed by atoms with Crippen molar-refractivity contribution in [2.45, 2.75) is 40.2 Å². The maximum atomic E-state index is 6.31. The molecule has 0 aliphatic carbocycles. The third-order valence-electron chi connectivity index (χ3n) is 3.52. The summed E-state index contributed by atoms with van der Waals surface area (Å²) in [6.45, 7) is 8.08. The van der Waals surface area contributed by atoms with Gasteiger partial charge in [0.2, 0.25) is 0 Å². The van der Waals surface area contributed by atoms with E-state index in [-0.39, 0.29) is 6.04 Å². The van der Waals surface area contributed by atoms with Gasteiger partial charge in [-0.05, 0) is 44.9 Å². The van der Waals surface area contributed by atoms with Crippen molar-refractivity contribution in [3.05, 3.63) is 52.2 Å². The molecule has 0 saturated carbocycles. The van der Waals surface area contributed by atoms with E-state index in [9.17, 15) is 0 Å². The van der Waals surface area contributed by atoms with Crippen LogP contribution in [0.5, 0.6) is 0 Å². The molecule has 2 aromatic heterocycles.